The van der Waals surface area contributed by atoms with Gasteiger partial charge in [-0.2, -0.15) is 0 Å². The van der Waals surface area contributed by atoms with Crippen molar-refractivity contribution in [3.05, 3.63) is 53.5 Å². The molecule has 1 heterocycles. The average Bonchev–Trinajstić information content (AvgIpc) is 3.45. The van der Waals surface area contributed by atoms with Gasteiger partial charge in [0.15, 0.2) is 0 Å². The summed E-state index contributed by atoms with van der Waals surface area (Å²) in [6, 6.07) is 14.3. The molecular weight excluding hydrogens is 406 g/mol. The molecule has 3 aromatic rings. The van der Waals surface area contributed by atoms with Crippen molar-refractivity contribution < 1.29 is 13.2 Å². The van der Waals surface area contributed by atoms with Gasteiger partial charge in [-0.25, -0.2) is 18.1 Å². The number of para-hydroxylation sites is 1. The normalized spacial score (nSPS) is 14.2. The lowest BCUT2D eigenvalue weighted by Gasteiger charge is -2.08. The van der Waals surface area contributed by atoms with Crippen LogP contribution in [0, 0.1) is 5.92 Å². The topological polar surface area (TPSA) is 88.2 Å². The summed E-state index contributed by atoms with van der Waals surface area (Å²) >= 11 is 1.66. The number of hydrogen-bond donors (Lipinski definition) is 2. The lowest BCUT2D eigenvalue weighted by molar-refractivity contribution is -0.116. The highest BCUT2D eigenvalue weighted by atomic mass is 32.2. The Balaban J connectivity index is 1.25. The van der Waals surface area contributed by atoms with Gasteiger partial charge in [-0.15, -0.1) is 11.3 Å². The number of carbonyl (C=O) groups excluding carboxylic acids is 1. The number of nitrogens with one attached hydrogen (secondary N) is 2. The molecule has 0 atom stereocenters. The molecule has 2 N–H and O–H groups in total. The largest absolute Gasteiger partial charge is 0.326 e. The summed E-state index contributed by atoms with van der Waals surface area (Å²) < 4.78 is 28.3. The number of fused-ring (bicyclic) bond motifs is 1. The zero-order chi connectivity index (χ0) is 20.3. The summed E-state index contributed by atoms with van der Waals surface area (Å²) in [6.07, 6.45) is 4.04. The van der Waals surface area contributed by atoms with Crippen LogP contribution < -0.4 is 10.0 Å². The van der Waals surface area contributed by atoms with Crippen molar-refractivity contribution in [2.75, 3.05) is 11.9 Å². The van der Waals surface area contributed by atoms with Gasteiger partial charge in [-0.1, -0.05) is 12.1 Å². The van der Waals surface area contributed by atoms with Crippen molar-refractivity contribution >= 4 is 43.2 Å². The maximum absolute atomic E-state index is 12.2. The van der Waals surface area contributed by atoms with Crippen molar-refractivity contribution in [3.8, 4) is 0 Å². The fourth-order valence-electron chi connectivity index (χ4n) is 3.00. The highest BCUT2D eigenvalue weighted by molar-refractivity contribution is 7.89. The van der Waals surface area contributed by atoms with Gasteiger partial charge in [-0.05, 0) is 68.0 Å². The van der Waals surface area contributed by atoms with E-state index in [1.165, 1.54) is 12.1 Å². The van der Waals surface area contributed by atoms with Crippen molar-refractivity contribution in [2.24, 2.45) is 5.92 Å². The van der Waals surface area contributed by atoms with Crippen LogP contribution in [0.25, 0.3) is 10.2 Å². The van der Waals surface area contributed by atoms with Gasteiger partial charge in [0, 0.05) is 18.7 Å². The first kappa shape index (κ1) is 20.0. The number of hydrogen-bond acceptors (Lipinski definition) is 5. The average molecular weight is 430 g/mol. The van der Waals surface area contributed by atoms with E-state index in [0.29, 0.717) is 31.0 Å². The molecule has 0 spiro atoms. The molecule has 1 fully saturated rings. The van der Waals surface area contributed by atoms with Gasteiger partial charge in [0.05, 0.1) is 20.1 Å². The molecule has 6 nitrogen and oxygen atoms in total. The van der Waals surface area contributed by atoms with Crippen LogP contribution in [0.15, 0.2) is 53.4 Å². The molecule has 0 unspecified atom stereocenters. The molecule has 8 heteroatoms. The van der Waals surface area contributed by atoms with Gasteiger partial charge in [-0.3, -0.25) is 4.79 Å². The van der Waals surface area contributed by atoms with Crippen LogP contribution in [-0.4, -0.2) is 25.9 Å². The lowest BCUT2D eigenvalue weighted by Crippen LogP contribution is -2.25. The van der Waals surface area contributed by atoms with Crippen LogP contribution in [0.5, 0.6) is 0 Å². The van der Waals surface area contributed by atoms with E-state index < -0.39 is 10.0 Å². The predicted molar refractivity (Wildman–Crippen MR) is 116 cm³/mol. The molecule has 1 amide bonds. The van der Waals surface area contributed by atoms with Crippen LogP contribution in [0.3, 0.4) is 0 Å². The number of aromatic nitrogens is 1. The molecule has 0 bridgehead atoms. The number of benzene rings is 2. The zero-order valence-electron chi connectivity index (χ0n) is 15.9. The lowest BCUT2D eigenvalue weighted by atomic mass is 10.2. The van der Waals surface area contributed by atoms with Gasteiger partial charge in [0.2, 0.25) is 15.9 Å². The molecule has 1 aromatic heterocycles. The van der Waals surface area contributed by atoms with Gasteiger partial charge < -0.3 is 5.32 Å². The first-order valence-corrected chi connectivity index (χ1v) is 12.0. The van der Waals surface area contributed by atoms with Crippen LogP contribution in [0.4, 0.5) is 5.69 Å². The van der Waals surface area contributed by atoms with Gasteiger partial charge >= 0.3 is 0 Å². The minimum Gasteiger partial charge on any atom is -0.326 e. The fourth-order valence-corrected chi connectivity index (χ4v) is 5.13. The maximum atomic E-state index is 12.2. The van der Waals surface area contributed by atoms with Gasteiger partial charge in [0.25, 0.3) is 0 Å². The summed E-state index contributed by atoms with van der Waals surface area (Å²) in [7, 11) is -3.49. The second kappa shape index (κ2) is 8.61. The minimum atomic E-state index is -3.49. The maximum Gasteiger partial charge on any atom is 0.240 e. The van der Waals surface area contributed by atoms with E-state index in [4.69, 9.17) is 0 Å². The highest BCUT2D eigenvalue weighted by Gasteiger charge is 2.24. The molecule has 4 rings (SSSR count). The monoisotopic (exact) mass is 429 g/mol. The second-order valence-corrected chi connectivity index (χ2v) is 10.2. The molecule has 0 aliphatic heterocycles. The van der Waals surface area contributed by atoms with E-state index in [-0.39, 0.29) is 10.8 Å². The van der Waals surface area contributed by atoms with Crippen LogP contribution in [-0.2, 0) is 21.2 Å². The molecule has 0 saturated heterocycles. The molecule has 29 heavy (non-hydrogen) atoms. The van der Waals surface area contributed by atoms with E-state index in [1.54, 1.807) is 23.5 Å². The number of carbonyl (C=O) groups is 1. The number of rotatable bonds is 9. The number of sulfonamides is 1. The number of anilines is 1. The number of aryl methyl sites for hydroxylation is 1. The summed E-state index contributed by atoms with van der Waals surface area (Å²) in [5.41, 5.74) is 1.59. The molecule has 2 aromatic carbocycles. The van der Waals surface area contributed by atoms with Crippen molar-refractivity contribution in [3.63, 3.8) is 0 Å². The third-order valence-electron chi connectivity index (χ3n) is 4.84. The Morgan fingerprint density at radius 1 is 1.10 bits per heavy atom. The summed E-state index contributed by atoms with van der Waals surface area (Å²) in [4.78, 5) is 17.0. The molecule has 152 valence electrons. The SMILES string of the molecule is O=C(CCCc1nc2ccccc2s1)Nc1ccc(S(=O)(=O)NCC2CC2)cc1. The van der Waals surface area contributed by atoms with E-state index in [1.807, 2.05) is 18.2 Å². The first-order valence-electron chi connectivity index (χ1n) is 9.74. The predicted octanol–water partition coefficient (Wildman–Crippen LogP) is 3.95. The summed E-state index contributed by atoms with van der Waals surface area (Å²) in [5, 5.41) is 3.86. The Hall–Kier alpha value is -2.29. The van der Waals surface area contributed by atoms with Gasteiger partial charge in [0.1, 0.15) is 0 Å². The standard InChI is InChI=1S/C21H23N3O3S2/c25-20(6-3-7-21-24-18-4-1-2-5-19(18)28-21)23-16-10-12-17(13-11-16)29(26,27)22-14-15-8-9-15/h1-2,4-5,10-13,15,22H,3,6-9,14H2,(H,23,25). The number of thiazole rings is 1. The van der Waals surface area contributed by atoms with Crippen LogP contribution in [0.1, 0.15) is 30.7 Å². The Kier molecular flexibility index (Phi) is 5.94. The fraction of sp³-hybridized carbons (Fsp3) is 0.333. The molecule has 1 aliphatic rings. The summed E-state index contributed by atoms with van der Waals surface area (Å²) in [5.74, 6) is 0.389. The number of nitrogens with zero attached hydrogens (tertiary/aromatic N) is 1. The molecule has 1 aliphatic carbocycles. The number of amides is 1. The van der Waals surface area contributed by atoms with E-state index in [9.17, 15) is 13.2 Å². The third-order valence-corrected chi connectivity index (χ3v) is 7.38. The van der Waals surface area contributed by atoms with Crippen LogP contribution >= 0.6 is 11.3 Å². The van der Waals surface area contributed by atoms with Crippen molar-refractivity contribution in [2.45, 2.75) is 37.0 Å². The Bertz CT molecular complexity index is 1070. The first-order chi connectivity index (χ1) is 14.0. The third kappa shape index (κ3) is 5.41. The molecule has 1 saturated carbocycles. The highest BCUT2D eigenvalue weighted by Crippen LogP contribution is 2.28. The zero-order valence-corrected chi connectivity index (χ0v) is 17.6. The Morgan fingerprint density at radius 2 is 1.86 bits per heavy atom. The molecule has 0 radical (unpaired) electrons. The Morgan fingerprint density at radius 3 is 2.59 bits per heavy atom. The smallest absolute Gasteiger partial charge is 0.240 e. The minimum absolute atomic E-state index is 0.0893. The van der Waals surface area contributed by atoms with E-state index in [0.717, 1.165) is 34.5 Å². The summed E-state index contributed by atoms with van der Waals surface area (Å²) in [6.45, 7) is 0.496. The van der Waals surface area contributed by atoms with E-state index in [2.05, 4.69) is 21.1 Å². The van der Waals surface area contributed by atoms with E-state index >= 15 is 0 Å². The second-order valence-electron chi connectivity index (χ2n) is 7.30. The van der Waals surface area contributed by atoms with Crippen molar-refractivity contribution in [1.82, 2.24) is 9.71 Å². The molecular formula is C21H23N3O3S2. The van der Waals surface area contributed by atoms with Crippen LogP contribution in [0.2, 0.25) is 0 Å². The Labute approximate surface area is 174 Å². The van der Waals surface area contributed by atoms with Crippen molar-refractivity contribution in [1.29, 1.82) is 0 Å². The quantitative estimate of drug-likeness (QED) is 0.539.